The van der Waals surface area contributed by atoms with Gasteiger partial charge >= 0.3 is 0 Å². The summed E-state index contributed by atoms with van der Waals surface area (Å²) in [7, 11) is 0. The zero-order valence-electron chi connectivity index (χ0n) is 83.8. The van der Waals surface area contributed by atoms with Gasteiger partial charge in [-0.25, -0.2) is 74.8 Å². The van der Waals surface area contributed by atoms with Crippen LogP contribution in [-0.2, 0) is 33.8 Å². The third-order valence-electron chi connectivity index (χ3n) is 24.1. The van der Waals surface area contributed by atoms with E-state index in [-0.39, 0.29) is 62.1 Å². The smallest absolute Gasteiger partial charge is 0.229 e. The Labute approximate surface area is 795 Å². The lowest BCUT2D eigenvalue weighted by Crippen LogP contribution is -2.37. The molecular weight excluding hydrogens is 1720 g/mol. The highest BCUT2D eigenvalue weighted by molar-refractivity contribution is 5.87. The molecule has 1 aliphatic carbocycles. The van der Waals surface area contributed by atoms with E-state index in [1.165, 1.54) is 12.8 Å². The van der Waals surface area contributed by atoms with Crippen molar-refractivity contribution in [2.75, 3.05) is 134 Å². The van der Waals surface area contributed by atoms with Gasteiger partial charge in [0.1, 0.15) is 44.4 Å². The number of nitrogens with two attached hydrogens (primary N) is 7. The normalized spacial score (nSPS) is 15.6. The van der Waals surface area contributed by atoms with E-state index in [2.05, 4.69) is 319 Å². The predicted molar refractivity (Wildman–Crippen MR) is 538 cm³/mol. The summed E-state index contributed by atoms with van der Waals surface area (Å²) < 4.78 is 30.4. The monoisotopic (exact) mass is 1860 g/mol. The van der Waals surface area contributed by atoms with E-state index < -0.39 is 0 Å². The molecule has 0 radical (unpaired) electrons. The Morgan fingerprint density at radius 3 is 0.757 bits per heavy atom. The van der Waals surface area contributed by atoms with Gasteiger partial charge in [-0.2, -0.15) is 29.9 Å². The van der Waals surface area contributed by atoms with Crippen LogP contribution >= 0.6 is 0 Å². The van der Waals surface area contributed by atoms with Gasteiger partial charge in [0.05, 0.1) is 83.9 Å². The van der Waals surface area contributed by atoms with E-state index in [1.54, 1.807) is 25.3 Å². The fourth-order valence-corrected chi connectivity index (χ4v) is 14.7. The maximum atomic E-state index is 6.10. The van der Waals surface area contributed by atoms with E-state index in [1.807, 2.05) is 32.7 Å². The molecule has 136 heavy (non-hydrogen) atoms. The van der Waals surface area contributed by atoms with Gasteiger partial charge in [-0.1, -0.05) is 145 Å². The van der Waals surface area contributed by atoms with Crippen LogP contribution in [0.2, 0.25) is 0 Å². The number of fused-ring (bicyclic) bond motifs is 7. The minimum Gasteiger partial charge on any atom is -0.382 e. The number of rotatable bonds is 11. The van der Waals surface area contributed by atoms with Crippen molar-refractivity contribution in [3.8, 4) is 37.0 Å². The molecule has 41 heteroatoms. The molecular formula is C95H138N38O3. The molecule has 0 bridgehead atoms. The largest absolute Gasteiger partial charge is 0.382 e. The van der Waals surface area contributed by atoms with Crippen molar-refractivity contribution in [2.45, 2.75) is 236 Å². The SMILES string of the molecule is C#Cc1nc(N)c2ncn(CC(C)(C)C)c2n1.C#Cc1nc(N)c2ncn([C@@H](C)C(C)(C)C)c2n1.C#Cc1nc(N)c2ncn([C@H](C)C(C)(C)C)c2n1.CC(C)(C)Cn1cnc2c(N)nc(C3CC3)nc21.CC(C)(C)Cn1cnc2c(N)nc(N3CCOCC3)nc21.C[C@@H](n1cnc2c(N)nc(N3CCOCC3)nc21)C(C)(C)C.C[C@H](n1cnc2c(N)nc(N3CCOCC3)nc21)C(C)(C)C. The first-order valence-electron chi connectivity index (χ1n) is 46.1. The summed E-state index contributed by atoms with van der Waals surface area (Å²) in [5, 5.41) is 0. The fraction of sp³-hybridized carbons (Fsp3) is 0.568. The molecule has 4 fully saturated rings. The summed E-state index contributed by atoms with van der Waals surface area (Å²) in [5.41, 5.74) is 52.4. The van der Waals surface area contributed by atoms with Crippen LogP contribution in [0.15, 0.2) is 44.3 Å². The summed E-state index contributed by atoms with van der Waals surface area (Å²) in [6.45, 7) is 65.8. The molecule has 17 heterocycles. The minimum atomic E-state index is 0.0870. The van der Waals surface area contributed by atoms with Crippen molar-refractivity contribution < 1.29 is 14.2 Å². The number of hydrogen-bond acceptors (Lipinski definition) is 34. The summed E-state index contributed by atoms with van der Waals surface area (Å²) in [5.74, 6) is 14.3. The Hall–Kier alpha value is -13.6. The van der Waals surface area contributed by atoms with Crippen LogP contribution in [0.5, 0.6) is 0 Å². The maximum absolute atomic E-state index is 6.10. The van der Waals surface area contributed by atoms with Crippen molar-refractivity contribution in [2.24, 2.45) is 37.9 Å². The molecule has 18 rings (SSSR count). The number of morpholine rings is 3. The number of aromatic nitrogens is 28. The second-order valence-electron chi connectivity index (χ2n) is 42.8. The van der Waals surface area contributed by atoms with Crippen LogP contribution in [-0.4, -0.2) is 216 Å². The minimum absolute atomic E-state index is 0.0870. The molecule has 3 aliphatic heterocycles. The number of imidazole rings is 7. The summed E-state index contributed by atoms with van der Waals surface area (Å²) in [6.07, 6.45) is 30.8. The predicted octanol–water partition coefficient (Wildman–Crippen LogP) is 12.8. The van der Waals surface area contributed by atoms with Crippen LogP contribution in [0.3, 0.4) is 0 Å². The van der Waals surface area contributed by atoms with Crippen LogP contribution in [0.25, 0.3) is 78.1 Å². The Kier molecular flexibility index (Phi) is 30.2. The van der Waals surface area contributed by atoms with E-state index in [4.69, 9.17) is 83.6 Å². The maximum Gasteiger partial charge on any atom is 0.229 e. The molecule has 0 aromatic carbocycles. The highest BCUT2D eigenvalue weighted by atomic mass is 16.5. The molecule has 14 aromatic heterocycles. The third kappa shape index (κ3) is 24.4. The van der Waals surface area contributed by atoms with Gasteiger partial charge in [0.15, 0.2) is 80.3 Å². The first-order valence-corrected chi connectivity index (χ1v) is 46.1. The fourth-order valence-electron chi connectivity index (χ4n) is 14.7. The number of anilines is 10. The van der Waals surface area contributed by atoms with Crippen LogP contribution in [0, 0.1) is 74.9 Å². The van der Waals surface area contributed by atoms with Gasteiger partial charge < -0.3 is 101 Å². The summed E-state index contributed by atoms with van der Waals surface area (Å²) >= 11 is 0. The van der Waals surface area contributed by atoms with Crippen LogP contribution < -0.4 is 54.8 Å². The lowest BCUT2D eigenvalue weighted by molar-refractivity contribution is 0.122. The zero-order chi connectivity index (χ0) is 99.4. The Morgan fingerprint density at radius 1 is 0.294 bits per heavy atom. The molecule has 4 aliphatic rings. The quantitative estimate of drug-likeness (QED) is 0.0591. The molecule has 41 nitrogen and oxygen atoms in total. The van der Waals surface area contributed by atoms with Crippen molar-refractivity contribution in [1.82, 2.24) is 137 Å². The van der Waals surface area contributed by atoms with Crippen molar-refractivity contribution in [3.05, 3.63) is 67.6 Å². The molecule has 14 aromatic rings. The summed E-state index contributed by atoms with van der Waals surface area (Å²) in [4.78, 5) is 97.9. The third-order valence-corrected chi connectivity index (χ3v) is 24.1. The number of hydrogen-bond donors (Lipinski definition) is 7. The average Bonchev–Trinajstić information content (AvgIpc) is 1.64. The Bertz CT molecular complexity index is 6420. The average molecular weight is 1860 g/mol. The van der Waals surface area contributed by atoms with Crippen molar-refractivity contribution in [3.63, 3.8) is 0 Å². The second kappa shape index (κ2) is 40.5. The summed E-state index contributed by atoms with van der Waals surface area (Å²) in [6, 6.07) is 0.957. The molecule has 0 spiro atoms. The van der Waals surface area contributed by atoms with E-state index in [0.717, 1.165) is 92.8 Å². The molecule has 0 amide bonds. The van der Waals surface area contributed by atoms with Crippen LogP contribution in [0.4, 0.5) is 58.6 Å². The van der Waals surface area contributed by atoms with E-state index in [0.29, 0.717) is 172 Å². The van der Waals surface area contributed by atoms with Gasteiger partial charge in [-0.15, -0.1) is 19.3 Å². The van der Waals surface area contributed by atoms with E-state index >= 15 is 0 Å². The standard InChI is InChI=1S/2C15H24N6O.C14H22N6O.C13H19N5.2C13H17N5.C12H15N5/c2*1-10(15(2,3)4)21-9-17-11-12(16)18-14(19-13(11)21)20-5-7-22-8-6-20;1-14(2,3)8-20-9-16-10-11(15)17-13(18-12(10)20)19-4-6-21-7-5-19;1-13(2,3)6-18-7-15-9-10(14)16-11(8-4-5-8)17-12(9)18;2*1-6-9-16-11(14)10-12(17-9)18(7-15-10)8(2)13(3,4)5;1-5-8-15-10(13)9-11(16-8)17(7-14-9)6-12(2,3)4/h2*9-10H,5-8H2,1-4H3,(H2,16,18,19);9H,4-8H2,1-3H3,(H2,15,17,18);7-8H,4-6H2,1-3H3,(H2,14,16,17);2*1,7-8H,2-5H3,(H2,14,16,17);1,7H,6H2,2-4H3,(H2,13,15,16)/t2*10-;;;2*8-;/m10..10./s1. The molecule has 726 valence electrons. The lowest BCUT2D eigenvalue weighted by Gasteiger charge is -2.29. The van der Waals surface area contributed by atoms with E-state index in [9.17, 15) is 0 Å². The highest BCUT2D eigenvalue weighted by Gasteiger charge is 2.33. The zero-order valence-corrected chi connectivity index (χ0v) is 83.8. The van der Waals surface area contributed by atoms with Gasteiger partial charge in [0, 0.05) is 89.0 Å². The highest BCUT2D eigenvalue weighted by Crippen LogP contribution is 2.41. The Morgan fingerprint density at radius 2 is 0.507 bits per heavy atom. The second-order valence-corrected chi connectivity index (χ2v) is 42.8. The van der Waals surface area contributed by atoms with Gasteiger partial charge in [-0.05, 0) is 96.2 Å². The van der Waals surface area contributed by atoms with Crippen molar-refractivity contribution >= 4 is 137 Å². The molecule has 1 saturated carbocycles. The number of nitrogen functional groups attached to an aromatic ring is 7. The molecule has 3 saturated heterocycles. The van der Waals surface area contributed by atoms with Gasteiger partial charge in [-0.3, -0.25) is 0 Å². The van der Waals surface area contributed by atoms with Gasteiger partial charge in [0.25, 0.3) is 0 Å². The number of ether oxygens (including phenoxy) is 3. The topological polar surface area (TPSA) is 525 Å². The lowest BCUT2D eigenvalue weighted by atomic mass is 9.88. The van der Waals surface area contributed by atoms with Crippen molar-refractivity contribution in [1.29, 1.82) is 0 Å². The Balaban J connectivity index is 0.000000143. The van der Waals surface area contributed by atoms with Gasteiger partial charge in [0.2, 0.25) is 35.3 Å². The number of nitrogens with zero attached hydrogens (tertiary/aromatic N) is 31. The first-order chi connectivity index (χ1) is 63.7. The molecule has 14 N–H and O–H groups in total. The molecule has 0 unspecified atom stereocenters. The first kappa shape index (κ1) is 101. The van der Waals surface area contributed by atoms with Crippen LogP contribution in [0.1, 0.15) is 239 Å². The number of terminal acetylenes is 3. The molecule has 4 atom stereocenters.